The topological polar surface area (TPSA) is 89.8 Å². The molecule has 0 aliphatic carbocycles. The number of thioether (sulfide) groups is 1. The van der Waals surface area contributed by atoms with Crippen LogP contribution in [-0.2, 0) is 4.79 Å². The summed E-state index contributed by atoms with van der Waals surface area (Å²) >= 11 is 1.51. The zero-order valence-corrected chi connectivity index (χ0v) is 7.54. The molecular weight excluding hydrogens is 181 g/mol. The summed E-state index contributed by atoms with van der Waals surface area (Å²) in [6.45, 7) is 0. The Hall–Kier alpha value is -0.235. The second kappa shape index (κ2) is 6.30. The van der Waals surface area contributed by atoms with Gasteiger partial charge in [-0.05, 0) is 18.4 Å². The Morgan fingerprint density at radius 3 is 2.58 bits per heavy atom. The Morgan fingerprint density at radius 1 is 1.67 bits per heavy atom. The van der Waals surface area contributed by atoms with Gasteiger partial charge in [0.25, 0.3) is 0 Å². The van der Waals surface area contributed by atoms with Crippen molar-refractivity contribution in [3.63, 3.8) is 0 Å². The average molecular weight is 193 g/mol. The van der Waals surface area contributed by atoms with Crippen molar-refractivity contribution < 1.29 is 19.9 Å². The number of carbonyl (C=O) groups is 1. The third kappa shape index (κ3) is 5.42. The summed E-state index contributed by atoms with van der Waals surface area (Å²) in [5.74, 6) is -0.409. The van der Waals surface area contributed by atoms with Crippen molar-refractivity contribution in [2.45, 2.75) is 12.5 Å². The first-order chi connectivity index (χ1) is 5.57. The summed E-state index contributed by atoms with van der Waals surface area (Å²) in [6, 6.07) is -0.891. The quantitative estimate of drug-likeness (QED) is 0.394. The third-order valence-corrected chi connectivity index (χ3v) is 1.90. The van der Waals surface area contributed by atoms with Gasteiger partial charge >= 0.3 is 13.2 Å². The first-order valence-electron chi connectivity index (χ1n) is 3.42. The summed E-state index contributed by atoms with van der Waals surface area (Å²) < 4.78 is 0. The van der Waals surface area contributed by atoms with Crippen LogP contribution in [0.25, 0.3) is 0 Å². The summed E-state index contributed by atoms with van der Waals surface area (Å²) in [5, 5.41) is 27.6. The number of aliphatic carboxylic acids is 1. The molecule has 12 heavy (non-hydrogen) atoms. The number of carboxylic acid groups (broad SMARTS) is 1. The van der Waals surface area contributed by atoms with Crippen molar-refractivity contribution in [3.8, 4) is 0 Å². The van der Waals surface area contributed by atoms with Gasteiger partial charge in [-0.3, -0.25) is 10.0 Å². The van der Waals surface area contributed by atoms with Gasteiger partial charge in [0, 0.05) is 0 Å². The zero-order valence-electron chi connectivity index (χ0n) is 6.73. The van der Waals surface area contributed by atoms with Crippen molar-refractivity contribution in [1.82, 2.24) is 5.23 Å². The van der Waals surface area contributed by atoms with Crippen LogP contribution in [0.1, 0.15) is 6.42 Å². The number of hydrogen-bond donors (Lipinski definition) is 4. The molecule has 0 bridgehead atoms. The van der Waals surface area contributed by atoms with E-state index in [0.29, 0.717) is 12.2 Å². The highest BCUT2D eigenvalue weighted by Gasteiger charge is 2.21. The number of rotatable bonds is 6. The number of nitrogens with one attached hydrogen (secondary N) is 1. The largest absolute Gasteiger partial charge is 0.549 e. The molecule has 4 N–H and O–H groups in total. The van der Waals surface area contributed by atoms with Crippen LogP contribution in [0.15, 0.2) is 0 Å². The molecule has 0 aliphatic rings. The Balaban J connectivity index is 3.78. The highest BCUT2D eigenvalue weighted by Crippen LogP contribution is 2.00. The van der Waals surface area contributed by atoms with Gasteiger partial charge in [0.2, 0.25) is 0 Å². The normalized spacial score (nSPS) is 12.6. The molecule has 0 heterocycles. The van der Waals surface area contributed by atoms with Gasteiger partial charge in [0.15, 0.2) is 0 Å². The van der Waals surface area contributed by atoms with E-state index < -0.39 is 19.3 Å². The third-order valence-electron chi connectivity index (χ3n) is 1.26. The standard InChI is InChI=1S/C5H12BNO4S/c1-12-3-2-4(5(8)9)7-6(10)11/h4,7,10-11H,2-3H2,1H3,(H,8,9)/t4-/m0/s1. The summed E-state index contributed by atoms with van der Waals surface area (Å²) in [6.07, 6.45) is 2.22. The van der Waals surface area contributed by atoms with E-state index in [1.165, 1.54) is 11.8 Å². The van der Waals surface area contributed by atoms with E-state index in [-0.39, 0.29) is 0 Å². The smallest absolute Gasteiger partial charge is 0.480 e. The van der Waals surface area contributed by atoms with E-state index in [4.69, 9.17) is 15.2 Å². The number of hydrogen-bond acceptors (Lipinski definition) is 5. The lowest BCUT2D eigenvalue weighted by Gasteiger charge is -2.12. The molecule has 70 valence electrons. The van der Waals surface area contributed by atoms with Crippen LogP contribution in [0.2, 0.25) is 0 Å². The molecule has 0 aromatic rings. The van der Waals surface area contributed by atoms with Crippen LogP contribution >= 0.6 is 11.8 Å². The molecule has 0 aromatic heterocycles. The van der Waals surface area contributed by atoms with Gasteiger partial charge < -0.3 is 15.2 Å². The Bertz CT molecular complexity index is 145. The highest BCUT2D eigenvalue weighted by atomic mass is 32.2. The Labute approximate surface area is 75.3 Å². The highest BCUT2D eigenvalue weighted by molar-refractivity contribution is 7.98. The molecule has 0 amide bonds. The fourth-order valence-corrected chi connectivity index (χ4v) is 1.17. The molecule has 0 aliphatic heterocycles. The molecule has 0 saturated heterocycles. The molecule has 0 radical (unpaired) electrons. The van der Waals surface area contributed by atoms with Gasteiger partial charge in [0.05, 0.1) is 0 Å². The van der Waals surface area contributed by atoms with Crippen LogP contribution in [-0.4, -0.2) is 46.4 Å². The van der Waals surface area contributed by atoms with Gasteiger partial charge in [-0.25, -0.2) is 0 Å². The minimum atomic E-state index is -1.77. The van der Waals surface area contributed by atoms with Gasteiger partial charge in [-0.1, -0.05) is 0 Å². The predicted octanol–water partition coefficient (Wildman–Crippen LogP) is -1.25. The van der Waals surface area contributed by atoms with Crippen molar-refractivity contribution in [1.29, 1.82) is 0 Å². The second-order valence-electron chi connectivity index (χ2n) is 2.21. The van der Waals surface area contributed by atoms with Crippen molar-refractivity contribution >= 4 is 25.0 Å². The summed E-state index contributed by atoms with van der Waals surface area (Å²) in [4.78, 5) is 10.4. The molecule has 5 nitrogen and oxygen atoms in total. The van der Waals surface area contributed by atoms with Crippen LogP contribution in [0.4, 0.5) is 0 Å². The minimum Gasteiger partial charge on any atom is -0.480 e. The van der Waals surface area contributed by atoms with E-state index in [1.54, 1.807) is 0 Å². The summed E-state index contributed by atoms with van der Waals surface area (Å²) in [5.41, 5.74) is 0. The maximum Gasteiger partial charge on any atom is 0.549 e. The van der Waals surface area contributed by atoms with Crippen LogP contribution in [0, 0.1) is 0 Å². The SMILES string of the molecule is CSCC[C@H](NB(O)O)C(=O)O. The lowest BCUT2D eigenvalue weighted by atomic mass is 10.1. The first kappa shape index (κ1) is 11.8. The van der Waals surface area contributed by atoms with E-state index in [1.807, 2.05) is 6.26 Å². The van der Waals surface area contributed by atoms with Gasteiger partial charge in [0.1, 0.15) is 6.04 Å². The van der Waals surface area contributed by atoms with Crippen LogP contribution < -0.4 is 5.23 Å². The monoisotopic (exact) mass is 193 g/mol. The lowest BCUT2D eigenvalue weighted by molar-refractivity contribution is -0.139. The number of carboxylic acids is 1. The molecule has 0 unspecified atom stereocenters. The zero-order chi connectivity index (χ0) is 9.56. The molecule has 1 atom stereocenters. The van der Waals surface area contributed by atoms with E-state index in [9.17, 15) is 4.79 Å². The average Bonchev–Trinajstić information content (AvgIpc) is 1.96. The van der Waals surface area contributed by atoms with E-state index >= 15 is 0 Å². The first-order valence-corrected chi connectivity index (χ1v) is 4.81. The van der Waals surface area contributed by atoms with E-state index in [2.05, 4.69) is 5.23 Å². The Morgan fingerprint density at radius 2 is 2.25 bits per heavy atom. The molecule has 0 spiro atoms. The molecule has 0 saturated carbocycles. The maximum absolute atomic E-state index is 10.4. The molecule has 0 aromatic carbocycles. The fraction of sp³-hybridized carbons (Fsp3) is 0.800. The lowest BCUT2D eigenvalue weighted by Crippen LogP contribution is -2.46. The second-order valence-corrected chi connectivity index (χ2v) is 3.20. The van der Waals surface area contributed by atoms with Gasteiger partial charge in [-0.15, -0.1) is 0 Å². The molecule has 0 rings (SSSR count). The summed E-state index contributed by atoms with van der Waals surface area (Å²) in [7, 11) is -1.77. The van der Waals surface area contributed by atoms with Crippen LogP contribution in [0.3, 0.4) is 0 Å². The molecule has 7 heteroatoms. The Kier molecular flexibility index (Phi) is 6.18. The van der Waals surface area contributed by atoms with Crippen molar-refractivity contribution in [2.24, 2.45) is 0 Å². The van der Waals surface area contributed by atoms with Gasteiger partial charge in [-0.2, -0.15) is 11.8 Å². The predicted molar refractivity (Wildman–Crippen MR) is 47.8 cm³/mol. The fourth-order valence-electron chi connectivity index (χ4n) is 0.694. The van der Waals surface area contributed by atoms with E-state index in [0.717, 1.165) is 0 Å². The molecule has 0 fully saturated rings. The van der Waals surface area contributed by atoms with Crippen molar-refractivity contribution in [2.75, 3.05) is 12.0 Å². The minimum absolute atomic E-state index is 0.369. The van der Waals surface area contributed by atoms with Crippen LogP contribution in [0.5, 0.6) is 0 Å². The van der Waals surface area contributed by atoms with Crippen molar-refractivity contribution in [3.05, 3.63) is 0 Å². The molecular formula is C5H12BNO4S. The maximum atomic E-state index is 10.4.